The fourth-order valence-corrected chi connectivity index (χ4v) is 2.39. The molecule has 0 aromatic carbocycles. The largest absolute Gasteiger partial charge is 0.480 e. The summed E-state index contributed by atoms with van der Waals surface area (Å²) in [5, 5.41) is 17.1. The molecule has 0 aromatic heterocycles. The number of Topliss-reactive ketones (excluding diaryl/α,β-unsaturated/α-hetero) is 1. The molecule has 0 fully saturated rings. The zero-order valence-electron chi connectivity index (χ0n) is 19.7. The molecular weight excluding hydrogens is 438 g/mol. The average molecular weight is 478 g/mol. The minimum atomic E-state index is -0.974. The molecule has 0 radical (unpaired) electrons. The van der Waals surface area contributed by atoms with Crippen molar-refractivity contribution in [1.29, 1.82) is 0 Å². The van der Waals surface area contributed by atoms with Crippen LogP contribution in [-0.4, -0.2) is 107 Å². The Morgan fingerprint density at radius 3 is 1.85 bits per heavy atom. The molecule has 0 unspecified atom stereocenters. The van der Waals surface area contributed by atoms with Crippen LogP contribution in [0.5, 0.6) is 0 Å². The molecule has 2 amide bonds. The minimum Gasteiger partial charge on any atom is -0.480 e. The highest BCUT2D eigenvalue weighted by Crippen LogP contribution is 1.97. The van der Waals surface area contributed by atoms with Crippen molar-refractivity contribution >= 4 is 23.6 Å². The number of aliphatic carboxylic acids is 1. The SMILES string of the molecule is CCN[C@H](CCC(=O)NCCOCCOCC(=O)NCCOCCOCC(=O)CC)C(=O)O. The first-order valence-corrected chi connectivity index (χ1v) is 11.2. The highest BCUT2D eigenvalue weighted by atomic mass is 16.5. The predicted octanol–water partition coefficient (Wildman–Crippen LogP) is -0.893. The first-order valence-electron chi connectivity index (χ1n) is 11.2. The summed E-state index contributed by atoms with van der Waals surface area (Å²) in [6.45, 7) is 6.53. The molecule has 33 heavy (non-hydrogen) atoms. The standard InChI is InChI=1S/C21H39N3O9/c1-3-17(25)15-32-13-11-31-10-8-24-20(27)16-33-14-12-30-9-7-23-19(26)6-5-18(21(28)29)22-4-2/h18,22H,3-16H2,1-2H3,(H,23,26)(H,24,27)(H,28,29)/t18-/m1/s1. The van der Waals surface area contributed by atoms with E-state index in [1.165, 1.54) is 0 Å². The van der Waals surface area contributed by atoms with Crippen LogP contribution in [0.15, 0.2) is 0 Å². The van der Waals surface area contributed by atoms with Gasteiger partial charge in [0, 0.05) is 25.9 Å². The Hall–Kier alpha value is -2.12. The maximum Gasteiger partial charge on any atom is 0.320 e. The van der Waals surface area contributed by atoms with Gasteiger partial charge in [0.25, 0.3) is 0 Å². The van der Waals surface area contributed by atoms with E-state index in [0.29, 0.717) is 45.9 Å². The van der Waals surface area contributed by atoms with Crippen molar-refractivity contribution < 1.29 is 43.2 Å². The molecule has 192 valence electrons. The van der Waals surface area contributed by atoms with E-state index < -0.39 is 12.0 Å². The third-order valence-corrected chi connectivity index (χ3v) is 4.18. The van der Waals surface area contributed by atoms with Gasteiger partial charge in [-0.1, -0.05) is 13.8 Å². The lowest BCUT2D eigenvalue weighted by Gasteiger charge is -2.12. The number of nitrogens with one attached hydrogen (secondary N) is 3. The molecule has 0 saturated heterocycles. The highest BCUT2D eigenvalue weighted by Gasteiger charge is 2.16. The monoisotopic (exact) mass is 477 g/mol. The highest BCUT2D eigenvalue weighted by molar-refractivity contribution is 5.79. The Morgan fingerprint density at radius 2 is 1.30 bits per heavy atom. The Bertz CT molecular complexity index is 561. The van der Waals surface area contributed by atoms with Gasteiger partial charge in [-0.25, -0.2) is 0 Å². The van der Waals surface area contributed by atoms with Crippen LogP contribution in [0.25, 0.3) is 0 Å². The Morgan fingerprint density at radius 1 is 0.758 bits per heavy atom. The smallest absolute Gasteiger partial charge is 0.320 e. The second-order valence-corrected chi connectivity index (χ2v) is 6.91. The predicted molar refractivity (Wildman–Crippen MR) is 119 cm³/mol. The fourth-order valence-electron chi connectivity index (χ4n) is 2.39. The quantitative estimate of drug-likeness (QED) is 0.136. The molecule has 0 spiro atoms. The van der Waals surface area contributed by atoms with E-state index in [9.17, 15) is 19.2 Å². The van der Waals surface area contributed by atoms with Crippen molar-refractivity contribution in [2.75, 3.05) is 72.5 Å². The van der Waals surface area contributed by atoms with Gasteiger partial charge in [0.2, 0.25) is 11.8 Å². The average Bonchev–Trinajstić information content (AvgIpc) is 2.79. The van der Waals surface area contributed by atoms with Crippen LogP contribution in [-0.2, 0) is 38.1 Å². The Kier molecular flexibility index (Phi) is 20.3. The van der Waals surface area contributed by atoms with Gasteiger partial charge >= 0.3 is 5.97 Å². The Labute approximate surface area is 195 Å². The molecule has 0 saturated carbocycles. The van der Waals surface area contributed by atoms with Gasteiger partial charge in [-0.3, -0.25) is 19.2 Å². The van der Waals surface area contributed by atoms with E-state index in [1.807, 2.05) is 0 Å². The molecule has 0 aromatic rings. The van der Waals surface area contributed by atoms with E-state index >= 15 is 0 Å². The number of hydrogen-bond donors (Lipinski definition) is 4. The lowest BCUT2D eigenvalue weighted by Crippen LogP contribution is -2.38. The number of carbonyl (C=O) groups excluding carboxylic acids is 3. The molecular formula is C21H39N3O9. The first-order chi connectivity index (χ1) is 15.9. The summed E-state index contributed by atoms with van der Waals surface area (Å²) in [5.41, 5.74) is 0. The number of hydrogen-bond acceptors (Lipinski definition) is 9. The third-order valence-electron chi connectivity index (χ3n) is 4.18. The van der Waals surface area contributed by atoms with Crippen LogP contribution in [0.4, 0.5) is 0 Å². The van der Waals surface area contributed by atoms with Gasteiger partial charge in [-0.15, -0.1) is 0 Å². The van der Waals surface area contributed by atoms with Crippen LogP contribution in [0, 0.1) is 0 Å². The molecule has 0 aliphatic heterocycles. The van der Waals surface area contributed by atoms with Gasteiger partial charge in [-0.05, 0) is 13.0 Å². The molecule has 12 heteroatoms. The second kappa shape index (κ2) is 21.7. The van der Waals surface area contributed by atoms with Crippen LogP contribution in [0.3, 0.4) is 0 Å². The number of ether oxygens (including phenoxy) is 4. The van der Waals surface area contributed by atoms with Crippen LogP contribution in [0.2, 0.25) is 0 Å². The van der Waals surface area contributed by atoms with E-state index in [4.69, 9.17) is 24.1 Å². The molecule has 0 rings (SSSR count). The van der Waals surface area contributed by atoms with E-state index in [2.05, 4.69) is 16.0 Å². The van der Waals surface area contributed by atoms with E-state index in [1.54, 1.807) is 13.8 Å². The van der Waals surface area contributed by atoms with Gasteiger partial charge in [0.15, 0.2) is 5.78 Å². The fraction of sp³-hybridized carbons (Fsp3) is 0.810. The van der Waals surface area contributed by atoms with Crippen LogP contribution < -0.4 is 16.0 Å². The first kappa shape index (κ1) is 30.9. The number of rotatable bonds is 23. The van der Waals surface area contributed by atoms with Gasteiger partial charge in [0.05, 0.1) is 39.6 Å². The molecule has 4 N–H and O–H groups in total. The summed E-state index contributed by atoms with van der Waals surface area (Å²) >= 11 is 0. The molecule has 0 aliphatic rings. The summed E-state index contributed by atoms with van der Waals surface area (Å²) in [5.74, 6) is -1.44. The van der Waals surface area contributed by atoms with Gasteiger partial charge < -0.3 is 40.0 Å². The van der Waals surface area contributed by atoms with Crippen molar-refractivity contribution in [2.24, 2.45) is 0 Å². The van der Waals surface area contributed by atoms with E-state index in [-0.39, 0.29) is 63.5 Å². The van der Waals surface area contributed by atoms with Crippen molar-refractivity contribution in [3.05, 3.63) is 0 Å². The molecule has 0 heterocycles. The summed E-state index contributed by atoms with van der Waals surface area (Å²) in [6, 6.07) is -0.734. The van der Waals surface area contributed by atoms with Crippen molar-refractivity contribution in [3.63, 3.8) is 0 Å². The summed E-state index contributed by atoms with van der Waals surface area (Å²) in [4.78, 5) is 45.3. The third kappa shape index (κ3) is 20.2. The molecule has 12 nitrogen and oxygen atoms in total. The summed E-state index contributed by atoms with van der Waals surface area (Å²) in [7, 11) is 0. The summed E-state index contributed by atoms with van der Waals surface area (Å²) in [6.07, 6.45) is 0.781. The number of likely N-dealkylation sites (N-methyl/N-ethyl adjacent to an activating group) is 1. The lowest BCUT2D eigenvalue weighted by molar-refractivity contribution is -0.139. The van der Waals surface area contributed by atoms with Crippen LogP contribution >= 0.6 is 0 Å². The Balaban J connectivity index is 3.45. The van der Waals surface area contributed by atoms with Crippen molar-refractivity contribution in [3.8, 4) is 0 Å². The van der Waals surface area contributed by atoms with Crippen molar-refractivity contribution in [1.82, 2.24) is 16.0 Å². The number of carboxylic acids is 1. The molecule has 1 atom stereocenters. The number of amides is 2. The zero-order valence-corrected chi connectivity index (χ0v) is 19.7. The minimum absolute atomic E-state index is 0.0443. The molecule has 0 bridgehead atoms. The summed E-state index contributed by atoms with van der Waals surface area (Å²) < 4.78 is 20.9. The second-order valence-electron chi connectivity index (χ2n) is 6.91. The van der Waals surface area contributed by atoms with Gasteiger partial charge in [-0.2, -0.15) is 0 Å². The normalized spacial score (nSPS) is 11.7. The molecule has 0 aliphatic carbocycles. The number of carbonyl (C=O) groups is 4. The number of carboxylic acid groups (broad SMARTS) is 1. The van der Waals surface area contributed by atoms with Gasteiger partial charge in [0.1, 0.15) is 19.3 Å². The van der Waals surface area contributed by atoms with Crippen molar-refractivity contribution in [2.45, 2.75) is 39.2 Å². The maximum absolute atomic E-state index is 11.7. The number of ketones is 1. The van der Waals surface area contributed by atoms with Crippen LogP contribution in [0.1, 0.15) is 33.1 Å². The topological polar surface area (TPSA) is 162 Å². The van der Waals surface area contributed by atoms with E-state index in [0.717, 1.165) is 0 Å². The zero-order chi connectivity index (χ0) is 24.7. The maximum atomic E-state index is 11.7. The lowest BCUT2D eigenvalue weighted by atomic mass is 10.1.